The molecule has 0 aliphatic rings. The third-order valence-corrected chi connectivity index (χ3v) is 4.73. The van der Waals surface area contributed by atoms with E-state index in [1.54, 1.807) is 6.20 Å². The van der Waals surface area contributed by atoms with E-state index in [2.05, 4.69) is 4.98 Å². The molecule has 25 heavy (non-hydrogen) atoms. The fraction of sp³-hybridized carbons (Fsp3) is 0. The summed E-state index contributed by atoms with van der Waals surface area (Å²) in [6.07, 6.45) is 3.60. The number of thiophene rings is 1. The molecule has 0 fully saturated rings. The molecule has 4 rings (SSSR count). The van der Waals surface area contributed by atoms with Gasteiger partial charge in [-0.2, -0.15) is 0 Å². The summed E-state index contributed by atoms with van der Waals surface area (Å²) in [7, 11) is 0. The Morgan fingerprint density at radius 1 is 0.880 bits per heavy atom. The number of para-hydroxylation sites is 1. The van der Waals surface area contributed by atoms with E-state index in [1.807, 2.05) is 78.3 Å². The molecule has 0 atom stereocenters. The molecule has 122 valence electrons. The topological polar surface area (TPSA) is 42.1 Å². The van der Waals surface area contributed by atoms with Gasteiger partial charge in [-0.15, -0.1) is 11.3 Å². The number of hydrogen-bond acceptors (Lipinski definition) is 3. The lowest BCUT2D eigenvalue weighted by Gasteiger charge is -2.08. The molecule has 0 aliphatic heterocycles. The van der Waals surface area contributed by atoms with Gasteiger partial charge in [-0.1, -0.05) is 36.4 Å². The van der Waals surface area contributed by atoms with E-state index in [0.717, 1.165) is 27.5 Å². The lowest BCUT2D eigenvalue weighted by Crippen LogP contribution is -1.98. The van der Waals surface area contributed by atoms with E-state index in [0.29, 0.717) is 5.56 Å². The van der Waals surface area contributed by atoms with Crippen LogP contribution < -0.4 is 4.74 Å². The van der Waals surface area contributed by atoms with Gasteiger partial charge in [0.2, 0.25) is 5.78 Å². The minimum absolute atomic E-state index is 0.0284. The van der Waals surface area contributed by atoms with Gasteiger partial charge in [-0.3, -0.25) is 4.79 Å². The Morgan fingerprint density at radius 3 is 2.52 bits per heavy atom. The lowest BCUT2D eigenvalue weighted by atomic mass is 10.0. The van der Waals surface area contributed by atoms with Crippen LogP contribution in [-0.2, 0) is 0 Å². The highest BCUT2D eigenvalue weighted by atomic mass is 32.1. The predicted molar refractivity (Wildman–Crippen MR) is 100 cm³/mol. The fourth-order valence-corrected chi connectivity index (χ4v) is 3.36. The van der Waals surface area contributed by atoms with Crippen molar-refractivity contribution in [3.63, 3.8) is 0 Å². The van der Waals surface area contributed by atoms with Gasteiger partial charge < -0.3 is 9.72 Å². The summed E-state index contributed by atoms with van der Waals surface area (Å²) in [5, 5.41) is 1.91. The highest BCUT2D eigenvalue weighted by Gasteiger charge is 2.17. The second-order valence-electron chi connectivity index (χ2n) is 5.53. The number of carbonyl (C=O) groups is 1. The maximum Gasteiger partial charge on any atom is 0.205 e. The quantitative estimate of drug-likeness (QED) is 0.467. The van der Waals surface area contributed by atoms with Crippen LogP contribution in [0.5, 0.6) is 11.5 Å². The molecule has 2 aromatic heterocycles. The van der Waals surface area contributed by atoms with Crippen molar-refractivity contribution in [3.05, 3.63) is 94.9 Å². The Bertz CT molecular complexity index is 988. The summed E-state index contributed by atoms with van der Waals surface area (Å²) < 4.78 is 5.90. The van der Waals surface area contributed by atoms with E-state index in [9.17, 15) is 4.79 Å². The molecule has 4 aromatic rings. The summed E-state index contributed by atoms with van der Waals surface area (Å²) in [6.45, 7) is 0. The third kappa shape index (κ3) is 3.25. The Labute approximate surface area is 149 Å². The average molecular weight is 345 g/mol. The number of benzene rings is 2. The third-order valence-electron chi connectivity index (χ3n) is 3.86. The molecule has 2 heterocycles. The van der Waals surface area contributed by atoms with E-state index < -0.39 is 0 Å². The molecular weight excluding hydrogens is 330 g/mol. The SMILES string of the molecule is O=C(c1cccs1)c1c[nH]cc1-c1cccc(Oc2ccccc2)c1. The second-order valence-corrected chi connectivity index (χ2v) is 6.48. The van der Waals surface area contributed by atoms with Gasteiger partial charge in [0.05, 0.1) is 4.88 Å². The first-order valence-electron chi connectivity index (χ1n) is 7.89. The Balaban J connectivity index is 1.66. The number of hydrogen-bond donors (Lipinski definition) is 1. The van der Waals surface area contributed by atoms with E-state index >= 15 is 0 Å². The molecule has 2 aromatic carbocycles. The molecule has 3 nitrogen and oxygen atoms in total. The molecule has 4 heteroatoms. The van der Waals surface area contributed by atoms with E-state index in [4.69, 9.17) is 4.74 Å². The van der Waals surface area contributed by atoms with Crippen LogP contribution in [0.15, 0.2) is 84.5 Å². The van der Waals surface area contributed by atoms with Crippen LogP contribution in [-0.4, -0.2) is 10.8 Å². The van der Waals surface area contributed by atoms with Crippen LogP contribution in [0.2, 0.25) is 0 Å². The molecule has 0 saturated heterocycles. The summed E-state index contributed by atoms with van der Waals surface area (Å²) in [6, 6.07) is 21.1. The minimum atomic E-state index is 0.0284. The van der Waals surface area contributed by atoms with Gasteiger partial charge >= 0.3 is 0 Å². The van der Waals surface area contributed by atoms with Crippen molar-refractivity contribution in [1.82, 2.24) is 4.98 Å². The van der Waals surface area contributed by atoms with Crippen molar-refractivity contribution < 1.29 is 9.53 Å². The van der Waals surface area contributed by atoms with Crippen molar-refractivity contribution in [3.8, 4) is 22.6 Å². The van der Waals surface area contributed by atoms with Crippen LogP contribution in [0.25, 0.3) is 11.1 Å². The maximum absolute atomic E-state index is 12.7. The minimum Gasteiger partial charge on any atom is -0.457 e. The van der Waals surface area contributed by atoms with Crippen LogP contribution in [0.4, 0.5) is 0 Å². The van der Waals surface area contributed by atoms with Gasteiger partial charge in [0, 0.05) is 23.5 Å². The number of ketones is 1. The van der Waals surface area contributed by atoms with Crippen molar-refractivity contribution in [2.45, 2.75) is 0 Å². The zero-order valence-electron chi connectivity index (χ0n) is 13.3. The average Bonchev–Trinajstić information content (AvgIpc) is 3.34. The molecule has 1 N–H and O–H groups in total. The standard InChI is InChI=1S/C21H15NO2S/c23-21(20-10-5-11-25-20)19-14-22-13-18(19)15-6-4-9-17(12-15)24-16-7-2-1-3-8-16/h1-14,22H. The lowest BCUT2D eigenvalue weighted by molar-refractivity contribution is 0.104. The second kappa shape index (κ2) is 6.79. The summed E-state index contributed by atoms with van der Waals surface area (Å²) in [5.41, 5.74) is 2.48. The first-order chi connectivity index (χ1) is 12.3. The van der Waals surface area contributed by atoms with E-state index in [-0.39, 0.29) is 5.78 Å². The van der Waals surface area contributed by atoms with Crippen molar-refractivity contribution in [1.29, 1.82) is 0 Å². The van der Waals surface area contributed by atoms with Gasteiger partial charge in [0.1, 0.15) is 11.5 Å². The van der Waals surface area contributed by atoms with Crippen LogP contribution in [0, 0.1) is 0 Å². The van der Waals surface area contributed by atoms with Gasteiger partial charge in [-0.05, 0) is 41.3 Å². The van der Waals surface area contributed by atoms with Crippen molar-refractivity contribution in [2.24, 2.45) is 0 Å². The van der Waals surface area contributed by atoms with Crippen molar-refractivity contribution >= 4 is 17.1 Å². The number of rotatable bonds is 5. The molecule has 0 amide bonds. The molecule has 0 unspecified atom stereocenters. The summed E-state index contributed by atoms with van der Waals surface area (Å²) >= 11 is 1.45. The zero-order valence-corrected chi connectivity index (χ0v) is 14.1. The Hall–Kier alpha value is -3.11. The number of carbonyl (C=O) groups excluding carboxylic acids is 1. The number of ether oxygens (including phenoxy) is 1. The van der Waals surface area contributed by atoms with Gasteiger partial charge in [0.15, 0.2) is 0 Å². The number of H-pyrrole nitrogens is 1. The zero-order chi connectivity index (χ0) is 17.1. The Morgan fingerprint density at radius 2 is 1.72 bits per heavy atom. The summed E-state index contributed by atoms with van der Waals surface area (Å²) in [4.78, 5) is 16.5. The number of nitrogens with one attached hydrogen (secondary N) is 1. The fourth-order valence-electron chi connectivity index (χ4n) is 2.68. The molecular formula is C21H15NO2S. The smallest absolute Gasteiger partial charge is 0.205 e. The normalized spacial score (nSPS) is 10.6. The van der Waals surface area contributed by atoms with Crippen molar-refractivity contribution in [2.75, 3.05) is 0 Å². The molecule has 0 bridgehead atoms. The first-order valence-corrected chi connectivity index (χ1v) is 8.77. The molecule has 0 saturated carbocycles. The molecule has 0 aliphatic carbocycles. The number of aromatic amines is 1. The van der Waals surface area contributed by atoms with Crippen LogP contribution in [0.1, 0.15) is 15.2 Å². The van der Waals surface area contributed by atoms with Crippen LogP contribution in [0.3, 0.4) is 0 Å². The predicted octanol–water partition coefficient (Wildman–Crippen LogP) is 5.77. The van der Waals surface area contributed by atoms with E-state index in [1.165, 1.54) is 11.3 Å². The Kier molecular flexibility index (Phi) is 4.19. The summed E-state index contributed by atoms with van der Waals surface area (Å²) in [5.74, 6) is 1.55. The van der Waals surface area contributed by atoms with Crippen LogP contribution >= 0.6 is 11.3 Å². The molecule has 0 radical (unpaired) electrons. The first kappa shape index (κ1) is 15.4. The highest BCUT2D eigenvalue weighted by Crippen LogP contribution is 2.30. The largest absolute Gasteiger partial charge is 0.457 e. The monoisotopic (exact) mass is 345 g/mol. The van der Waals surface area contributed by atoms with Gasteiger partial charge in [0.25, 0.3) is 0 Å². The maximum atomic E-state index is 12.7. The molecule has 0 spiro atoms. The highest BCUT2D eigenvalue weighted by molar-refractivity contribution is 7.12. The van der Waals surface area contributed by atoms with Gasteiger partial charge in [-0.25, -0.2) is 0 Å². The number of aromatic nitrogens is 1.